The highest BCUT2D eigenvalue weighted by Crippen LogP contribution is 2.20. The first-order valence-electron chi connectivity index (χ1n) is 7.60. The van der Waals surface area contributed by atoms with E-state index in [1.165, 1.54) is 16.2 Å². The minimum atomic E-state index is 0.512. The van der Waals surface area contributed by atoms with Gasteiger partial charge in [-0.3, -0.25) is 0 Å². The largest absolute Gasteiger partial charge is 0.310 e. The lowest BCUT2D eigenvalue weighted by atomic mass is 10.2. The smallest absolute Gasteiger partial charge is 0.0989 e. The number of pyridine rings is 1. The van der Waals surface area contributed by atoms with Crippen molar-refractivity contribution < 1.29 is 0 Å². The van der Waals surface area contributed by atoms with E-state index in [1.54, 1.807) is 0 Å². The molecule has 0 fully saturated rings. The van der Waals surface area contributed by atoms with E-state index in [0.29, 0.717) is 6.04 Å². The topological polar surface area (TPSA) is 28.2 Å². The Morgan fingerprint density at radius 1 is 1.30 bits per heavy atom. The first-order chi connectivity index (χ1) is 9.56. The first-order valence-corrected chi connectivity index (χ1v) is 8.59. The van der Waals surface area contributed by atoms with Crippen LogP contribution in [0.3, 0.4) is 0 Å². The van der Waals surface area contributed by atoms with Crippen LogP contribution in [0.5, 0.6) is 0 Å². The van der Waals surface area contributed by atoms with Crippen molar-refractivity contribution in [2.75, 3.05) is 25.4 Å². The van der Waals surface area contributed by atoms with Gasteiger partial charge in [0.2, 0.25) is 0 Å². The second-order valence-corrected chi connectivity index (χ2v) is 6.46. The number of hydrogen-bond donors (Lipinski definition) is 1. The molecule has 3 nitrogen and oxygen atoms in total. The van der Waals surface area contributed by atoms with E-state index >= 15 is 0 Å². The predicted molar refractivity (Wildman–Crippen MR) is 89.5 cm³/mol. The minimum Gasteiger partial charge on any atom is -0.310 e. The number of thioether (sulfide) groups is 1. The lowest BCUT2D eigenvalue weighted by Gasteiger charge is -2.17. The molecule has 0 saturated heterocycles. The summed E-state index contributed by atoms with van der Waals surface area (Å²) in [6, 6.07) is 2.76. The molecule has 4 heteroatoms. The molecule has 0 bridgehead atoms. The van der Waals surface area contributed by atoms with E-state index in [2.05, 4.69) is 55.9 Å². The number of aromatic nitrogens is 1. The summed E-state index contributed by atoms with van der Waals surface area (Å²) in [4.78, 5) is 7.06. The van der Waals surface area contributed by atoms with E-state index < -0.39 is 0 Å². The fraction of sp³-hybridized carbons (Fsp3) is 0.688. The van der Waals surface area contributed by atoms with Gasteiger partial charge in [0.15, 0.2) is 0 Å². The summed E-state index contributed by atoms with van der Waals surface area (Å²) in [6.45, 7) is 15.2. The highest BCUT2D eigenvalue weighted by atomic mass is 32.2. The summed E-state index contributed by atoms with van der Waals surface area (Å²) in [5.74, 6) is 1.11. The van der Waals surface area contributed by atoms with Crippen molar-refractivity contribution in [3.05, 3.63) is 23.4 Å². The lowest BCUT2D eigenvalue weighted by molar-refractivity contribution is 0.324. The Bertz CT molecular complexity index is 389. The second-order valence-electron chi connectivity index (χ2n) is 5.38. The molecule has 0 amide bonds. The molecule has 0 saturated carbocycles. The van der Waals surface area contributed by atoms with Crippen molar-refractivity contribution in [1.82, 2.24) is 15.2 Å². The average molecular weight is 295 g/mol. The van der Waals surface area contributed by atoms with Crippen molar-refractivity contribution in [1.29, 1.82) is 0 Å². The van der Waals surface area contributed by atoms with Gasteiger partial charge in [0, 0.05) is 31.1 Å². The summed E-state index contributed by atoms with van der Waals surface area (Å²) in [5.41, 5.74) is 2.56. The predicted octanol–water partition coefficient (Wildman–Crippen LogP) is 3.32. The molecule has 0 atom stereocenters. The van der Waals surface area contributed by atoms with Gasteiger partial charge in [-0.15, -0.1) is 11.8 Å². The van der Waals surface area contributed by atoms with Crippen LogP contribution in [-0.2, 0) is 6.54 Å². The Labute approximate surface area is 128 Å². The van der Waals surface area contributed by atoms with Crippen LogP contribution in [0, 0.1) is 6.92 Å². The van der Waals surface area contributed by atoms with Gasteiger partial charge in [0.05, 0.1) is 5.03 Å². The molecule has 0 spiro atoms. The van der Waals surface area contributed by atoms with E-state index in [4.69, 9.17) is 0 Å². The van der Waals surface area contributed by atoms with Crippen LogP contribution in [0.25, 0.3) is 0 Å². The Morgan fingerprint density at radius 2 is 2.00 bits per heavy atom. The molecule has 0 aromatic carbocycles. The van der Waals surface area contributed by atoms with Crippen molar-refractivity contribution in [3.63, 3.8) is 0 Å². The number of nitrogens with one attached hydrogen (secondary N) is 1. The Morgan fingerprint density at radius 3 is 2.55 bits per heavy atom. The molecule has 1 heterocycles. The molecule has 0 radical (unpaired) electrons. The molecule has 0 aliphatic rings. The highest BCUT2D eigenvalue weighted by molar-refractivity contribution is 7.99. The highest BCUT2D eigenvalue weighted by Gasteiger charge is 2.05. The van der Waals surface area contributed by atoms with Crippen molar-refractivity contribution in [2.45, 2.75) is 52.2 Å². The standard InChI is InChI=1S/C16H29N3S/c1-6-19(7-2)8-9-20-16-14(5)10-15(12-18-16)11-17-13(3)4/h10,12-13,17H,6-9,11H2,1-5H3. The summed E-state index contributed by atoms with van der Waals surface area (Å²) in [7, 11) is 0. The van der Waals surface area contributed by atoms with E-state index in [1.807, 2.05) is 18.0 Å². The molecule has 0 aliphatic carbocycles. The maximum absolute atomic E-state index is 4.61. The number of nitrogens with zero attached hydrogens (tertiary/aromatic N) is 2. The molecular formula is C16H29N3S. The SMILES string of the molecule is CCN(CC)CCSc1ncc(CNC(C)C)cc1C. The number of hydrogen-bond acceptors (Lipinski definition) is 4. The fourth-order valence-electron chi connectivity index (χ4n) is 2.00. The van der Waals surface area contributed by atoms with Crippen molar-refractivity contribution in [2.24, 2.45) is 0 Å². The molecule has 1 aromatic rings. The Balaban J connectivity index is 2.47. The monoisotopic (exact) mass is 295 g/mol. The van der Waals surface area contributed by atoms with Gasteiger partial charge in [-0.05, 0) is 31.1 Å². The van der Waals surface area contributed by atoms with Gasteiger partial charge in [-0.2, -0.15) is 0 Å². The van der Waals surface area contributed by atoms with Crippen LogP contribution in [-0.4, -0.2) is 41.3 Å². The Kier molecular flexibility index (Phi) is 8.19. The minimum absolute atomic E-state index is 0.512. The van der Waals surface area contributed by atoms with Crippen LogP contribution >= 0.6 is 11.8 Å². The van der Waals surface area contributed by atoms with E-state index in [-0.39, 0.29) is 0 Å². The zero-order valence-corrected chi connectivity index (χ0v) is 14.4. The van der Waals surface area contributed by atoms with Gasteiger partial charge in [-0.25, -0.2) is 4.98 Å². The summed E-state index contributed by atoms with van der Waals surface area (Å²) in [6.07, 6.45) is 2.00. The zero-order valence-electron chi connectivity index (χ0n) is 13.6. The van der Waals surface area contributed by atoms with Gasteiger partial charge >= 0.3 is 0 Å². The van der Waals surface area contributed by atoms with Crippen LogP contribution < -0.4 is 5.32 Å². The molecule has 0 aliphatic heterocycles. The van der Waals surface area contributed by atoms with Crippen molar-refractivity contribution in [3.8, 4) is 0 Å². The molecule has 0 unspecified atom stereocenters. The fourth-order valence-corrected chi connectivity index (χ4v) is 2.96. The van der Waals surface area contributed by atoms with Gasteiger partial charge in [0.1, 0.15) is 0 Å². The summed E-state index contributed by atoms with van der Waals surface area (Å²) < 4.78 is 0. The maximum atomic E-state index is 4.61. The zero-order chi connectivity index (χ0) is 15.0. The molecule has 1 rings (SSSR count). The number of rotatable bonds is 9. The molecular weight excluding hydrogens is 266 g/mol. The third kappa shape index (κ3) is 6.25. The molecule has 114 valence electrons. The molecule has 20 heavy (non-hydrogen) atoms. The number of aryl methyl sites for hydroxylation is 1. The average Bonchev–Trinajstić information content (AvgIpc) is 2.43. The summed E-state index contributed by atoms with van der Waals surface area (Å²) in [5, 5.41) is 4.60. The lowest BCUT2D eigenvalue weighted by Crippen LogP contribution is -2.25. The quantitative estimate of drug-likeness (QED) is 0.707. The second kappa shape index (κ2) is 9.37. The third-order valence-corrected chi connectivity index (χ3v) is 4.43. The van der Waals surface area contributed by atoms with Crippen LogP contribution in [0.2, 0.25) is 0 Å². The van der Waals surface area contributed by atoms with Gasteiger partial charge < -0.3 is 10.2 Å². The van der Waals surface area contributed by atoms with E-state index in [0.717, 1.165) is 31.9 Å². The third-order valence-electron chi connectivity index (χ3n) is 3.34. The van der Waals surface area contributed by atoms with Crippen LogP contribution in [0.15, 0.2) is 17.3 Å². The normalized spacial score (nSPS) is 11.6. The maximum Gasteiger partial charge on any atom is 0.0989 e. The molecule has 1 N–H and O–H groups in total. The molecule has 1 aromatic heterocycles. The van der Waals surface area contributed by atoms with E-state index in [9.17, 15) is 0 Å². The van der Waals surface area contributed by atoms with Crippen LogP contribution in [0.1, 0.15) is 38.8 Å². The van der Waals surface area contributed by atoms with Gasteiger partial charge in [0.25, 0.3) is 0 Å². The van der Waals surface area contributed by atoms with Crippen molar-refractivity contribution >= 4 is 11.8 Å². The first kappa shape index (κ1) is 17.5. The van der Waals surface area contributed by atoms with Gasteiger partial charge in [-0.1, -0.05) is 33.8 Å². The Hall–Kier alpha value is -0.580. The van der Waals surface area contributed by atoms with Crippen LogP contribution in [0.4, 0.5) is 0 Å². The summed E-state index contributed by atoms with van der Waals surface area (Å²) >= 11 is 1.87.